The molecule has 3 saturated carbocycles. The molecule has 4 rings (SSSR count). The van der Waals surface area contributed by atoms with Crippen molar-refractivity contribution in [3.63, 3.8) is 0 Å². The van der Waals surface area contributed by atoms with Gasteiger partial charge in [-0.15, -0.1) is 0 Å². The van der Waals surface area contributed by atoms with Crippen molar-refractivity contribution in [2.75, 3.05) is 6.61 Å². The third-order valence-electron chi connectivity index (χ3n) is 8.32. The molecule has 0 aromatic rings. The Morgan fingerprint density at radius 1 is 1.26 bits per heavy atom. The van der Waals surface area contributed by atoms with Crippen molar-refractivity contribution in [3.8, 4) is 0 Å². The molecule has 27 heavy (non-hydrogen) atoms. The lowest BCUT2D eigenvalue weighted by Gasteiger charge is -2.58. The average Bonchev–Trinajstić information content (AvgIpc) is 2.79. The third kappa shape index (κ3) is 2.48. The summed E-state index contributed by atoms with van der Waals surface area (Å²) in [5.41, 5.74) is -0.979. The Labute approximate surface area is 160 Å². The zero-order valence-corrected chi connectivity index (χ0v) is 16.3. The van der Waals surface area contributed by atoms with Gasteiger partial charge in [-0.05, 0) is 62.0 Å². The monoisotopic (exact) mass is 374 g/mol. The van der Waals surface area contributed by atoms with Crippen LogP contribution in [0.1, 0.15) is 46.5 Å². The molecule has 4 aliphatic rings. The first-order valence-corrected chi connectivity index (χ1v) is 10.0. The van der Waals surface area contributed by atoms with Crippen molar-refractivity contribution in [1.82, 2.24) is 0 Å². The van der Waals surface area contributed by atoms with Crippen LogP contribution in [0.15, 0.2) is 23.8 Å². The van der Waals surface area contributed by atoms with E-state index in [2.05, 4.69) is 6.92 Å². The highest BCUT2D eigenvalue weighted by Gasteiger charge is 2.67. The van der Waals surface area contributed by atoms with Gasteiger partial charge in [0, 0.05) is 11.3 Å². The highest BCUT2D eigenvalue weighted by atomic mass is 16.3. The smallest absolute Gasteiger partial charge is 0.178 e. The molecule has 3 N–H and O–H groups in total. The van der Waals surface area contributed by atoms with Gasteiger partial charge in [0.25, 0.3) is 0 Å². The van der Waals surface area contributed by atoms with E-state index in [1.165, 1.54) is 0 Å². The van der Waals surface area contributed by atoms with Gasteiger partial charge in [-0.25, -0.2) is 0 Å². The van der Waals surface area contributed by atoms with Gasteiger partial charge >= 0.3 is 0 Å². The summed E-state index contributed by atoms with van der Waals surface area (Å²) >= 11 is 0. The predicted octanol–water partition coefficient (Wildman–Crippen LogP) is 1.80. The second-order valence-electron chi connectivity index (χ2n) is 9.92. The van der Waals surface area contributed by atoms with E-state index in [0.717, 1.165) is 18.4 Å². The lowest BCUT2D eigenvalue weighted by atomic mass is 9.46. The molecule has 0 saturated heterocycles. The second kappa shape index (κ2) is 5.85. The number of carbonyl (C=O) groups is 2. The van der Waals surface area contributed by atoms with E-state index in [4.69, 9.17) is 0 Å². The fourth-order valence-electron chi connectivity index (χ4n) is 7.50. The predicted molar refractivity (Wildman–Crippen MR) is 99.6 cm³/mol. The van der Waals surface area contributed by atoms with Crippen LogP contribution < -0.4 is 0 Å². The Morgan fingerprint density at radius 2 is 1.96 bits per heavy atom. The van der Waals surface area contributed by atoms with Crippen LogP contribution in [0.4, 0.5) is 0 Å². The van der Waals surface area contributed by atoms with Crippen molar-refractivity contribution in [1.29, 1.82) is 0 Å². The van der Waals surface area contributed by atoms with E-state index >= 15 is 0 Å². The molecule has 0 radical (unpaired) electrons. The van der Waals surface area contributed by atoms with Gasteiger partial charge in [-0.3, -0.25) is 9.59 Å². The van der Waals surface area contributed by atoms with Crippen LogP contribution in [0.25, 0.3) is 0 Å². The topological polar surface area (TPSA) is 94.8 Å². The summed E-state index contributed by atoms with van der Waals surface area (Å²) in [5, 5.41) is 31.8. The molecule has 2 unspecified atom stereocenters. The zero-order valence-electron chi connectivity index (χ0n) is 16.3. The minimum absolute atomic E-state index is 0.00784. The van der Waals surface area contributed by atoms with E-state index in [1.54, 1.807) is 19.1 Å². The van der Waals surface area contributed by atoms with Crippen LogP contribution in [0, 0.1) is 34.5 Å². The van der Waals surface area contributed by atoms with Crippen LogP contribution in [0.2, 0.25) is 0 Å². The van der Waals surface area contributed by atoms with Crippen LogP contribution >= 0.6 is 0 Å². The fraction of sp³-hybridized carbons (Fsp3) is 0.727. The number of rotatable bonds is 2. The Hall–Kier alpha value is -1.30. The van der Waals surface area contributed by atoms with Gasteiger partial charge < -0.3 is 15.3 Å². The lowest BCUT2D eigenvalue weighted by Crippen LogP contribution is -2.57. The number of ketones is 2. The van der Waals surface area contributed by atoms with Crippen LogP contribution in [0.3, 0.4) is 0 Å². The molecular formula is C22H30O5. The SMILES string of the molecule is CC1(O)C[C@H]2[C@@H]3CCC4=CC(=O)C=C[C@]4(C)[C@H]3C(O)C[C@]2(C)[C@H]1C(=O)CO. The van der Waals surface area contributed by atoms with Crippen LogP contribution in [-0.2, 0) is 9.59 Å². The molecule has 5 nitrogen and oxygen atoms in total. The summed E-state index contributed by atoms with van der Waals surface area (Å²) in [5.74, 6) is -0.745. The number of aliphatic hydroxyl groups is 3. The molecule has 4 aliphatic carbocycles. The zero-order chi connectivity index (χ0) is 19.8. The molecule has 0 aromatic carbocycles. The molecule has 3 fully saturated rings. The van der Waals surface area contributed by atoms with Gasteiger partial charge in [-0.1, -0.05) is 25.5 Å². The largest absolute Gasteiger partial charge is 0.393 e. The number of hydrogen-bond donors (Lipinski definition) is 3. The van der Waals surface area contributed by atoms with E-state index in [1.807, 2.05) is 13.0 Å². The van der Waals surface area contributed by atoms with E-state index in [9.17, 15) is 24.9 Å². The van der Waals surface area contributed by atoms with Gasteiger partial charge in [0.1, 0.15) is 6.61 Å². The van der Waals surface area contributed by atoms with E-state index in [0.29, 0.717) is 12.8 Å². The maximum Gasteiger partial charge on any atom is 0.178 e. The molecule has 0 heterocycles. The van der Waals surface area contributed by atoms with Crippen molar-refractivity contribution < 1.29 is 24.9 Å². The molecule has 0 aliphatic heterocycles. The maximum atomic E-state index is 12.5. The Balaban J connectivity index is 1.77. The highest BCUT2D eigenvalue weighted by molar-refractivity contribution is 6.01. The fourth-order valence-corrected chi connectivity index (χ4v) is 7.50. The van der Waals surface area contributed by atoms with Crippen molar-refractivity contribution in [2.24, 2.45) is 34.5 Å². The minimum Gasteiger partial charge on any atom is -0.393 e. The molecule has 0 spiro atoms. The Morgan fingerprint density at radius 3 is 2.63 bits per heavy atom. The normalized spacial score (nSPS) is 51.3. The Bertz CT molecular complexity index is 750. The van der Waals surface area contributed by atoms with Crippen LogP contribution in [-0.4, -0.2) is 45.2 Å². The molecule has 8 atom stereocenters. The summed E-state index contributed by atoms with van der Waals surface area (Å²) in [6.45, 7) is 5.23. The maximum absolute atomic E-state index is 12.5. The van der Waals surface area contributed by atoms with Gasteiger partial charge in [0.05, 0.1) is 17.6 Å². The van der Waals surface area contributed by atoms with E-state index < -0.39 is 29.6 Å². The summed E-state index contributed by atoms with van der Waals surface area (Å²) in [6.07, 6.45) is 7.24. The van der Waals surface area contributed by atoms with E-state index in [-0.39, 0.29) is 34.7 Å². The number of aliphatic hydroxyl groups excluding tert-OH is 2. The summed E-state index contributed by atoms with van der Waals surface area (Å²) < 4.78 is 0. The summed E-state index contributed by atoms with van der Waals surface area (Å²) in [6, 6.07) is 0. The molecule has 0 amide bonds. The van der Waals surface area contributed by atoms with Crippen molar-refractivity contribution in [2.45, 2.75) is 58.2 Å². The van der Waals surface area contributed by atoms with Gasteiger partial charge in [0.2, 0.25) is 0 Å². The molecule has 5 heteroatoms. The number of carbonyl (C=O) groups excluding carboxylic acids is 2. The van der Waals surface area contributed by atoms with Gasteiger partial charge in [0.15, 0.2) is 11.6 Å². The first-order valence-electron chi connectivity index (χ1n) is 10.0. The first-order chi connectivity index (χ1) is 12.5. The number of hydrogen-bond acceptors (Lipinski definition) is 5. The second-order valence-corrected chi connectivity index (χ2v) is 9.92. The van der Waals surface area contributed by atoms with Crippen molar-refractivity contribution in [3.05, 3.63) is 23.8 Å². The molecule has 0 aromatic heterocycles. The quantitative estimate of drug-likeness (QED) is 0.685. The van der Waals surface area contributed by atoms with Crippen molar-refractivity contribution >= 4 is 11.6 Å². The average molecular weight is 374 g/mol. The lowest BCUT2D eigenvalue weighted by molar-refractivity contribution is -0.148. The minimum atomic E-state index is -1.18. The number of Topliss-reactive ketones (excluding diaryl/α,β-unsaturated/α-hetero) is 1. The molecule has 0 bridgehead atoms. The summed E-state index contributed by atoms with van der Waals surface area (Å²) in [4.78, 5) is 24.4. The van der Waals surface area contributed by atoms with Gasteiger partial charge in [-0.2, -0.15) is 0 Å². The summed E-state index contributed by atoms with van der Waals surface area (Å²) in [7, 11) is 0. The molecular weight excluding hydrogens is 344 g/mol. The number of allylic oxidation sites excluding steroid dienone is 4. The van der Waals surface area contributed by atoms with Crippen LogP contribution in [0.5, 0.6) is 0 Å². The standard InChI is InChI=1S/C22H30O5/c1-20-7-6-13(24)8-12(20)4-5-14-15-9-22(3,27)19(17(26)11-23)21(15,2)10-16(25)18(14)20/h6-8,14-16,18-19,23,25,27H,4-5,9-11H2,1-3H3/t14-,15-,16?,18+,19+,20-,21-,22?/m0/s1. The first kappa shape index (κ1) is 19.0. The highest BCUT2D eigenvalue weighted by Crippen LogP contribution is 2.67. The number of fused-ring (bicyclic) bond motifs is 5. The molecule has 148 valence electrons. The third-order valence-corrected chi connectivity index (χ3v) is 8.32. The Kier molecular flexibility index (Phi) is 4.12.